The number of aliphatic carboxylic acids is 1. The third-order valence-electron chi connectivity index (χ3n) is 5.71. The molecule has 1 rings (SSSR count). The largest absolute Gasteiger partial charge is 0.508 e. The van der Waals surface area contributed by atoms with Gasteiger partial charge in [-0.1, -0.05) is 39.8 Å². The molecule has 38 heavy (non-hydrogen) atoms. The van der Waals surface area contributed by atoms with Gasteiger partial charge in [-0.25, -0.2) is 4.79 Å². The Bertz CT molecular complexity index is 965. The molecule has 0 spiro atoms. The molecule has 9 N–H and O–H groups in total. The topological polar surface area (TPSA) is 214 Å². The minimum absolute atomic E-state index is 0.0377. The molecule has 0 aliphatic heterocycles. The summed E-state index contributed by atoms with van der Waals surface area (Å²) in [4.78, 5) is 61.8. The van der Waals surface area contributed by atoms with Crippen molar-refractivity contribution in [1.29, 1.82) is 0 Å². The number of hydrogen-bond donors (Lipinski definition) is 7. The number of phenolic OH excluding ortho intramolecular Hbond substituents is 1. The van der Waals surface area contributed by atoms with Crippen LogP contribution < -0.4 is 27.4 Å². The van der Waals surface area contributed by atoms with E-state index < -0.39 is 53.8 Å². The molecule has 4 amide bonds. The summed E-state index contributed by atoms with van der Waals surface area (Å²) in [5.74, 6) is -3.84. The average molecular weight is 536 g/mol. The van der Waals surface area contributed by atoms with Gasteiger partial charge in [-0.3, -0.25) is 19.2 Å². The number of amides is 4. The van der Waals surface area contributed by atoms with Gasteiger partial charge in [0.05, 0.1) is 6.04 Å². The number of nitrogens with two attached hydrogens (primary N) is 2. The molecular weight excluding hydrogens is 494 g/mol. The highest BCUT2D eigenvalue weighted by Gasteiger charge is 2.31. The highest BCUT2D eigenvalue weighted by Crippen LogP contribution is 2.13. The van der Waals surface area contributed by atoms with Crippen molar-refractivity contribution in [2.75, 3.05) is 0 Å². The van der Waals surface area contributed by atoms with Gasteiger partial charge in [0.2, 0.25) is 23.6 Å². The van der Waals surface area contributed by atoms with Crippen molar-refractivity contribution in [3.05, 3.63) is 29.8 Å². The summed E-state index contributed by atoms with van der Waals surface area (Å²) in [5.41, 5.74) is 11.7. The van der Waals surface area contributed by atoms with Gasteiger partial charge in [-0.15, -0.1) is 0 Å². The quantitative estimate of drug-likeness (QED) is 0.154. The van der Waals surface area contributed by atoms with E-state index in [-0.39, 0.29) is 43.3 Å². The Hall–Kier alpha value is -3.67. The van der Waals surface area contributed by atoms with E-state index in [1.54, 1.807) is 12.1 Å². The number of carbonyl (C=O) groups is 5. The lowest BCUT2D eigenvalue weighted by Crippen LogP contribution is -2.58. The summed E-state index contributed by atoms with van der Waals surface area (Å²) in [6.45, 7) is 7.48. The minimum atomic E-state index is -1.37. The summed E-state index contributed by atoms with van der Waals surface area (Å²) in [5, 5.41) is 26.7. The summed E-state index contributed by atoms with van der Waals surface area (Å²) < 4.78 is 0. The molecule has 0 saturated carbocycles. The van der Waals surface area contributed by atoms with Gasteiger partial charge >= 0.3 is 5.97 Å². The first-order chi connectivity index (χ1) is 17.7. The van der Waals surface area contributed by atoms with Gasteiger partial charge in [0, 0.05) is 12.8 Å². The van der Waals surface area contributed by atoms with Crippen molar-refractivity contribution in [2.24, 2.45) is 23.3 Å². The predicted octanol–water partition coefficient (Wildman–Crippen LogP) is 0.159. The van der Waals surface area contributed by atoms with Crippen LogP contribution in [0.1, 0.15) is 58.9 Å². The first-order valence-electron chi connectivity index (χ1n) is 12.6. The lowest BCUT2D eigenvalue weighted by Gasteiger charge is -2.26. The molecule has 0 aromatic heterocycles. The zero-order valence-corrected chi connectivity index (χ0v) is 22.4. The number of carbonyl (C=O) groups excluding carboxylic acids is 4. The molecule has 4 unspecified atom stereocenters. The number of benzene rings is 1. The molecule has 4 atom stereocenters. The number of carboxylic acid groups (broad SMARTS) is 1. The molecule has 0 saturated heterocycles. The molecule has 1 aromatic rings. The zero-order chi connectivity index (χ0) is 29.0. The summed E-state index contributed by atoms with van der Waals surface area (Å²) in [7, 11) is 0. The van der Waals surface area contributed by atoms with Crippen LogP contribution in [-0.2, 0) is 30.4 Å². The number of nitrogens with one attached hydrogen (secondary N) is 3. The first kappa shape index (κ1) is 32.4. The Labute approximate surface area is 222 Å². The number of phenols is 1. The molecule has 0 bridgehead atoms. The molecule has 212 valence electrons. The molecule has 1 aromatic carbocycles. The van der Waals surface area contributed by atoms with Crippen molar-refractivity contribution >= 4 is 29.6 Å². The van der Waals surface area contributed by atoms with Gasteiger partial charge in [-0.05, 0) is 48.8 Å². The maximum absolute atomic E-state index is 13.4. The third kappa shape index (κ3) is 12.0. The number of carboxylic acids is 1. The second-order valence-electron chi connectivity index (χ2n) is 10.3. The van der Waals surface area contributed by atoms with E-state index in [1.807, 2.05) is 27.7 Å². The minimum Gasteiger partial charge on any atom is -0.508 e. The third-order valence-corrected chi connectivity index (χ3v) is 5.71. The van der Waals surface area contributed by atoms with Gasteiger partial charge < -0.3 is 37.6 Å². The summed E-state index contributed by atoms with van der Waals surface area (Å²) >= 11 is 0. The van der Waals surface area contributed by atoms with Crippen molar-refractivity contribution in [3.63, 3.8) is 0 Å². The summed E-state index contributed by atoms with van der Waals surface area (Å²) in [6, 6.07) is 1.67. The Morgan fingerprint density at radius 1 is 0.789 bits per heavy atom. The van der Waals surface area contributed by atoms with Crippen LogP contribution in [0, 0.1) is 11.8 Å². The van der Waals surface area contributed by atoms with Gasteiger partial charge in [-0.2, -0.15) is 0 Å². The first-order valence-corrected chi connectivity index (χ1v) is 12.6. The standard InChI is InChI=1S/C26H41N5O7/c1-14(2)11-18(27)23(34)30-21(13-16-5-7-17(32)8-6-16)25(36)31-20(12-15(3)4)24(35)29-19(26(37)38)9-10-22(28)33/h5-8,14-15,18-21,32H,9-13,27H2,1-4H3,(H2,28,33)(H,29,35)(H,30,34)(H,31,36)(H,37,38). The fourth-order valence-electron chi connectivity index (χ4n) is 3.76. The van der Waals surface area contributed by atoms with Gasteiger partial charge in [0.1, 0.15) is 23.9 Å². The Morgan fingerprint density at radius 3 is 1.79 bits per heavy atom. The zero-order valence-electron chi connectivity index (χ0n) is 22.4. The van der Waals surface area contributed by atoms with Crippen molar-refractivity contribution in [2.45, 2.75) is 84.0 Å². The Kier molecular flexibility index (Phi) is 13.2. The number of primary amides is 1. The molecule has 0 fully saturated rings. The van der Waals surface area contributed by atoms with E-state index in [9.17, 15) is 34.2 Å². The average Bonchev–Trinajstić information content (AvgIpc) is 2.80. The Balaban J connectivity index is 3.13. The molecule has 12 nitrogen and oxygen atoms in total. The van der Waals surface area contributed by atoms with Gasteiger partial charge in [0.15, 0.2) is 0 Å². The van der Waals surface area contributed by atoms with Crippen LogP contribution in [0.2, 0.25) is 0 Å². The molecular formula is C26H41N5O7. The van der Waals surface area contributed by atoms with E-state index in [4.69, 9.17) is 11.5 Å². The van der Waals surface area contributed by atoms with Crippen LogP contribution in [0.3, 0.4) is 0 Å². The van der Waals surface area contributed by atoms with Crippen LogP contribution in [0.4, 0.5) is 0 Å². The second-order valence-corrected chi connectivity index (χ2v) is 10.3. The second kappa shape index (κ2) is 15.6. The van der Waals surface area contributed by atoms with E-state index in [0.717, 1.165) is 0 Å². The van der Waals surface area contributed by atoms with E-state index >= 15 is 0 Å². The smallest absolute Gasteiger partial charge is 0.326 e. The molecule has 0 aliphatic carbocycles. The van der Waals surface area contributed by atoms with Crippen LogP contribution >= 0.6 is 0 Å². The monoisotopic (exact) mass is 535 g/mol. The van der Waals surface area contributed by atoms with E-state index in [2.05, 4.69) is 16.0 Å². The maximum Gasteiger partial charge on any atom is 0.326 e. The van der Waals surface area contributed by atoms with Crippen molar-refractivity contribution in [3.8, 4) is 5.75 Å². The highest BCUT2D eigenvalue weighted by molar-refractivity contribution is 5.94. The lowest BCUT2D eigenvalue weighted by molar-refractivity contribution is -0.142. The van der Waals surface area contributed by atoms with Gasteiger partial charge in [0.25, 0.3) is 0 Å². The molecule has 12 heteroatoms. The molecule has 0 radical (unpaired) electrons. The van der Waals surface area contributed by atoms with E-state index in [0.29, 0.717) is 12.0 Å². The van der Waals surface area contributed by atoms with Crippen molar-refractivity contribution in [1.82, 2.24) is 16.0 Å². The van der Waals surface area contributed by atoms with Crippen molar-refractivity contribution < 1.29 is 34.2 Å². The fourth-order valence-corrected chi connectivity index (χ4v) is 3.76. The van der Waals surface area contributed by atoms with Crippen LogP contribution in [-0.4, -0.2) is 64.0 Å². The Morgan fingerprint density at radius 2 is 1.29 bits per heavy atom. The SMILES string of the molecule is CC(C)CC(N)C(=O)NC(Cc1ccc(O)cc1)C(=O)NC(CC(C)C)C(=O)NC(CCC(N)=O)C(=O)O. The number of aromatic hydroxyl groups is 1. The molecule has 0 heterocycles. The number of hydrogen-bond acceptors (Lipinski definition) is 7. The number of rotatable bonds is 16. The fraction of sp³-hybridized carbons (Fsp3) is 0.577. The normalized spacial score (nSPS) is 14.3. The molecule has 0 aliphatic rings. The predicted molar refractivity (Wildman–Crippen MR) is 141 cm³/mol. The summed E-state index contributed by atoms with van der Waals surface area (Å²) in [6.07, 6.45) is 0.201. The van der Waals surface area contributed by atoms with E-state index in [1.165, 1.54) is 12.1 Å². The van der Waals surface area contributed by atoms with Crippen LogP contribution in [0.15, 0.2) is 24.3 Å². The lowest BCUT2D eigenvalue weighted by atomic mass is 9.99. The maximum atomic E-state index is 13.4. The highest BCUT2D eigenvalue weighted by atomic mass is 16.4. The van der Waals surface area contributed by atoms with Crippen LogP contribution in [0.25, 0.3) is 0 Å². The van der Waals surface area contributed by atoms with Crippen LogP contribution in [0.5, 0.6) is 5.75 Å².